The Labute approximate surface area is 145 Å². The van der Waals surface area contributed by atoms with Crippen LogP contribution in [0, 0.1) is 0 Å². The summed E-state index contributed by atoms with van der Waals surface area (Å²) >= 11 is 0. The van der Waals surface area contributed by atoms with Gasteiger partial charge in [-0.05, 0) is 38.0 Å². The molecule has 1 aromatic rings. The van der Waals surface area contributed by atoms with Crippen LogP contribution in [0.15, 0.2) is 41.9 Å². The molecule has 0 aromatic heterocycles. The fraction of sp³-hybridized carbons (Fsp3) is 0.438. The molecule has 0 aliphatic carbocycles. The Hall–Kier alpha value is -1.24. The molecule has 118 valence electrons. The Morgan fingerprint density at radius 1 is 1.29 bits per heavy atom. The first-order valence-electron chi connectivity index (χ1n) is 6.96. The van der Waals surface area contributed by atoms with Crippen LogP contribution in [0.4, 0.5) is 0 Å². The third-order valence-corrected chi connectivity index (χ3v) is 2.64. The first-order valence-corrected chi connectivity index (χ1v) is 6.96. The molecule has 1 rings (SSSR count). The van der Waals surface area contributed by atoms with Gasteiger partial charge in [0.05, 0.1) is 6.10 Å². The van der Waals surface area contributed by atoms with E-state index in [0.29, 0.717) is 6.54 Å². The van der Waals surface area contributed by atoms with Crippen LogP contribution in [-0.4, -0.2) is 32.2 Å². The van der Waals surface area contributed by atoms with Crippen molar-refractivity contribution in [3.05, 3.63) is 42.5 Å². The van der Waals surface area contributed by atoms with E-state index < -0.39 is 0 Å². The fourth-order valence-electron chi connectivity index (χ4n) is 1.72. The lowest BCUT2D eigenvalue weighted by molar-refractivity contribution is 0.242. The zero-order valence-corrected chi connectivity index (χ0v) is 15.4. The number of hydrogen-bond acceptors (Lipinski definition) is 2. The Morgan fingerprint density at radius 3 is 2.48 bits per heavy atom. The van der Waals surface area contributed by atoms with Crippen molar-refractivity contribution >= 4 is 29.9 Å². The number of halogens is 1. The summed E-state index contributed by atoms with van der Waals surface area (Å²) in [5.41, 5.74) is 1.27. The van der Waals surface area contributed by atoms with E-state index in [2.05, 4.69) is 34.3 Å². The lowest BCUT2D eigenvalue weighted by atomic mass is 10.1. The average Bonchev–Trinajstić information content (AvgIpc) is 2.44. The fourth-order valence-corrected chi connectivity index (χ4v) is 1.72. The summed E-state index contributed by atoms with van der Waals surface area (Å²) in [6.07, 6.45) is 2.96. The van der Waals surface area contributed by atoms with Crippen LogP contribution < -0.4 is 15.4 Å². The van der Waals surface area contributed by atoms with Crippen LogP contribution in [0.1, 0.15) is 19.4 Å². The van der Waals surface area contributed by atoms with Gasteiger partial charge in [-0.3, -0.25) is 4.99 Å². The topological polar surface area (TPSA) is 45.7 Å². The highest BCUT2D eigenvalue weighted by atomic mass is 127. The van der Waals surface area contributed by atoms with Crippen molar-refractivity contribution in [3.8, 4) is 5.75 Å². The van der Waals surface area contributed by atoms with Gasteiger partial charge in [0.1, 0.15) is 5.75 Å². The highest BCUT2D eigenvalue weighted by Crippen LogP contribution is 2.13. The summed E-state index contributed by atoms with van der Waals surface area (Å²) < 4.78 is 5.62. The number of hydrogen-bond donors (Lipinski definition) is 2. The first-order chi connectivity index (χ1) is 9.65. The van der Waals surface area contributed by atoms with Crippen LogP contribution in [-0.2, 0) is 6.42 Å². The van der Waals surface area contributed by atoms with Crippen molar-refractivity contribution < 1.29 is 4.74 Å². The van der Waals surface area contributed by atoms with E-state index in [1.165, 1.54) is 5.56 Å². The second kappa shape index (κ2) is 11.4. The minimum atomic E-state index is 0. The van der Waals surface area contributed by atoms with Crippen molar-refractivity contribution in [1.82, 2.24) is 10.6 Å². The molecule has 4 nitrogen and oxygen atoms in total. The van der Waals surface area contributed by atoms with Gasteiger partial charge in [0.15, 0.2) is 5.96 Å². The first kappa shape index (κ1) is 19.8. The maximum absolute atomic E-state index is 5.62. The van der Waals surface area contributed by atoms with Gasteiger partial charge < -0.3 is 15.4 Å². The van der Waals surface area contributed by atoms with Crippen molar-refractivity contribution in [3.63, 3.8) is 0 Å². The molecule has 0 amide bonds. The lowest BCUT2D eigenvalue weighted by Gasteiger charge is -2.11. The maximum Gasteiger partial charge on any atom is 0.191 e. The summed E-state index contributed by atoms with van der Waals surface area (Å²) in [7, 11) is 1.76. The smallest absolute Gasteiger partial charge is 0.191 e. The van der Waals surface area contributed by atoms with E-state index in [-0.39, 0.29) is 30.1 Å². The van der Waals surface area contributed by atoms with Gasteiger partial charge >= 0.3 is 0 Å². The number of guanidine groups is 1. The van der Waals surface area contributed by atoms with Crippen LogP contribution in [0.5, 0.6) is 5.75 Å². The van der Waals surface area contributed by atoms with E-state index in [0.717, 1.165) is 24.7 Å². The van der Waals surface area contributed by atoms with E-state index in [1.807, 2.05) is 26.0 Å². The summed E-state index contributed by atoms with van der Waals surface area (Å²) in [6.45, 7) is 9.26. The number of nitrogens with one attached hydrogen (secondary N) is 2. The van der Waals surface area contributed by atoms with Crippen LogP contribution in [0.25, 0.3) is 0 Å². The number of nitrogens with zero attached hydrogens (tertiary/aromatic N) is 1. The Balaban J connectivity index is 0.00000400. The van der Waals surface area contributed by atoms with Gasteiger partial charge in [-0.1, -0.05) is 18.2 Å². The zero-order valence-electron chi connectivity index (χ0n) is 13.1. The molecule has 0 heterocycles. The van der Waals surface area contributed by atoms with Crippen LogP contribution >= 0.6 is 24.0 Å². The molecule has 21 heavy (non-hydrogen) atoms. The quantitative estimate of drug-likeness (QED) is 0.319. The standard InChI is InChI=1S/C16H25N3O.HI/c1-5-11-18-16(17-4)19-12-10-14-6-8-15(9-7-14)20-13(2)3;/h5-9,13H,1,10-12H2,2-4H3,(H2,17,18,19);1H. The van der Waals surface area contributed by atoms with E-state index in [9.17, 15) is 0 Å². The lowest BCUT2D eigenvalue weighted by Crippen LogP contribution is -2.38. The molecule has 0 saturated heterocycles. The van der Waals surface area contributed by atoms with Gasteiger partial charge in [0, 0.05) is 20.1 Å². The third kappa shape index (κ3) is 8.60. The summed E-state index contributed by atoms with van der Waals surface area (Å²) in [5.74, 6) is 1.71. The Morgan fingerprint density at radius 2 is 1.95 bits per heavy atom. The monoisotopic (exact) mass is 403 g/mol. The molecule has 1 aromatic carbocycles. The van der Waals surface area contributed by atoms with Gasteiger partial charge in [0.2, 0.25) is 0 Å². The van der Waals surface area contributed by atoms with Crippen molar-refractivity contribution in [1.29, 1.82) is 0 Å². The molecular formula is C16H26IN3O. The normalized spacial score (nSPS) is 10.8. The van der Waals surface area contributed by atoms with Gasteiger partial charge in [0.25, 0.3) is 0 Å². The van der Waals surface area contributed by atoms with Gasteiger partial charge in [-0.15, -0.1) is 30.6 Å². The highest BCUT2D eigenvalue weighted by molar-refractivity contribution is 14.0. The molecule has 0 unspecified atom stereocenters. The van der Waals surface area contributed by atoms with Gasteiger partial charge in [-0.2, -0.15) is 0 Å². The molecule has 0 saturated carbocycles. The van der Waals surface area contributed by atoms with Crippen molar-refractivity contribution in [2.75, 3.05) is 20.1 Å². The minimum absolute atomic E-state index is 0. The molecule has 0 radical (unpaired) electrons. The molecular weight excluding hydrogens is 377 g/mol. The molecule has 0 fully saturated rings. The highest BCUT2D eigenvalue weighted by Gasteiger charge is 1.99. The molecule has 0 bridgehead atoms. The number of ether oxygens (including phenoxy) is 1. The van der Waals surface area contributed by atoms with E-state index >= 15 is 0 Å². The predicted molar refractivity (Wildman–Crippen MR) is 101 cm³/mol. The van der Waals surface area contributed by atoms with Crippen LogP contribution in [0.2, 0.25) is 0 Å². The number of rotatable bonds is 7. The molecule has 0 atom stereocenters. The number of aliphatic imine (C=N–C) groups is 1. The SMILES string of the molecule is C=CCNC(=NC)NCCc1ccc(OC(C)C)cc1.I. The maximum atomic E-state index is 5.62. The second-order valence-corrected chi connectivity index (χ2v) is 4.73. The molecule has 0 spiro atoms. The predicted octanol–water partition coefficient (Wildman–Crippen LogP) is 2.99. The second-order valence-electron chi connectivity index (χ2n) is 4.73. The summed E-state index contributed by atoms with van der Waals surface area (Å²) in [5, 5.41) is 6.40. The summed E-state index contributed by atoms with van der Waals surface area (Å²) in [6, 6.07) is 8.22. The van der Waals surface area contributed by atoms with Crippen molar-refractivity contribution in [2.24, 2.45) is 4.99 Å². The molecule has 2 N–H and O–H groups in total. The number of benzene rings is 1. The van der Waals surface area contributed by atoms with Gasteiger partial charge in [-0.25, -0.2) is 0 Å². The largest absolute Gasteiger partial charge is 0.491 e. The molecule has 0 aliphatic rings. The Kier molecular flexibility index (Phi) is 10.7. The zero-order chi connectivity index (χ0) is 14.8. The molecule has 0 aliphatic heterocycles. The van der Waals surface area contributed by atoms with Crippen LogP contribution in [0.3, 0.4) is 0 Å². The minimum Gasteiger partial charge on any atom is -0.491 e. The summed E-state index contributed by atoms with van der Waals surface area (Å²) in [4.78, 5) is 4.13. The Bertz CT molecular complexity index is 430. The van der Waals surface area contributed by atoms with E-state index in [1.54, 1.807) is 13.1 Å². The van der Waals surface area contributed by atoms with E-state index in [4.69, 9.17) is 4.74 Å². The average molecular weight is 403 g/mol. The molecule has 5 heteroatoms. The third-order valence-electron chi connectivity index (χ3n) is 2.64. The van der Waals surface area contributed by atoms with Crippen molar-refractivity contribution in [2.45, 2.75) is 26.4 Å².